The number of fused-ring (bicyclic) bond motifs is 1. The van der Waals surface area contributed by atoms with E-state index in [-0.39, 0.29) is 0 Å². The number of guanidine groups is 1. The van der Waals surface area contributed by atoms with Crippen molar-refractivity contribution in [2.45, 2.75) is 39.2 Å². The molecule has 0 aromatic carbocycles. The zero-order chi connectivity index (χ0) is 17.3. The average Bonchev–Trinajstić information content (AvgIpc) is 3.29. The van der Waals surface area contributed by atoms with Gasteiger partial charge in [0, 0.05) is 19.3 Å². The molecule has 2 aromatic rings. The molecule has 0 radical (unpaired) electrons. The fraction of sp³-hybridized carbons (Fsp3) is 0.611. The van der Waals surface area contributed by atoms with Gasteiger partial charge in [-0.2, -0.15) is 0 Å². The number of likely N-dealkylation sites (tertiary alicyclic amines) is 1. The molecule has 136 valence electrons. The Morgan fingerprint density at radius 3 is 2.88 bits per heavy atom. The molecule has 0 aliphatic carbocycles. The number of hydrogen-bond acceptors (Lipinski definition) is 4. The third-order valence-electron chi connectivity index (χ3n) is 4.50. The molecule has 0 saturated carbocycles. The maximum Gasteiger partial charge on any atom is 0.191 e. The van der Waals surface area contributed by atoms with Gasteiger partial charge in [-0.25, -0.2) is 4.99 Å². The summed E-state index contributed by atoms with van der Waals surface area (Å²) in [5, 5.41) is 15.1. The smallest absolute Gasteiger partial charge is 0.191 e. The molecule has 3 rings (SSSR count). The quantitative estimate of drug-likeness (QED) is 0.433. The first-order chi connectivity index (χ1) is 12.4. The lowest BCUT2D eigenvalue weighted by molar-refractivity contribution is 0.330. The molecule has 3 heterocycles. The molecular formula is C18H29N7. The van der Waals surface area contributed by atoms with Gasteiger partial charge in [0.2, 0.25) is 0 Å². The minimum absolute atomic E-state index is 0.508. The number of pyridine rings is 1. The Morgan fingerprint density at radius 1 is 1.16 bits per heavy atom. The lowest BCUT2D eigenvalue weighted by atomic mass is 10.3. The monoisotopic (exact) mass is 343 g/mol. The summed E-state index contributed by atoms with van der Waals surface area (Å²) in [6.45, 7) is 8.17. The maximum atomic E-state index is 4.64. The van der Waals surface area contributed by atoms with E-state index >= 15 is 0 Å². The number of aliphatic imine (C=N–C) groups is 1. The molecule has 0 spiro atoms. The second kappa shape index (κ2) is 9.36. The first-order valence-electron chi connectivity index (χ1n) is 9.40. The van der Waals surface area contributed by atoms with Crippen molar-refractivity contribution in [2.75, 3.05) is 32.7 Å². The van der Waals surface area contributed by atoms with Gasteiger partial charge in [-0.3, -0.25) is 4.40 Å². The van der Waals surface area contributed by atoms with Crippen molar-refractivity contribution < 1.29 is 0 Å². The van der Waals surface area contributed by atoms with Crippen LogP contribution in [0.15, 0.2) is 29.4 Å². The Morgan fingerprint density at radius 2 is 2.04 bits per heavy atom. The number of nitrogens with one attached hydrogen (secondary N) is 2. The van der Waals surface area contributed by atoms with Gasteiger partial charge >= 0.3 is 0 Å². The molecule has 0 bridgehead atoms. The van der Waals surface area contributed by atoms with Crippen molar-refractivity contribution in [2.24, 2.45) is 4.99 Å². The molecular weight excluding hydrogens is 314 g/mol. The van der Waals surface area contributed by atoms with E-state index in [1.54, 1.807) is 0 Å². The third kappa shape index (κ3) is 5.16. The van der Waals surface area contributed by atoms with E-state index in [1.165, 1.54) is 38.9 Å². The van der Waals surface area contributed by atoms with Crippen molar-refractivity contribution >= 4 is 11.6 Å². The minimum atomic E-state index is 0.508. The van der Waals surface area contributed by atoms with Crippen LogP contribution >= 0.6 is 0 Å². The van der Waals surface area contributed by atoms with Gasteiger partial charge < -0.3 is 15.5 Å². The summed E-state index contributed by atoms with van der Waals surface area (Å²) < 4.78 is 1.98. The molecule has 1 aliphatic heterocycles. The summed E-state index contributed by atoms with van der Waals surface area (Å²) in [6, 6.07) is 5.89. The van der Waals surface area contributed by atoms with E-state index in [0.29, 0.717) is 6.54 Å². The van der Waals surface area contributed by atoms with Gasteiger partial charge in [-0.1, -0.05) is 6.07 Å². The van der Waals surface area contributed by atoms with Gasteiger partial charge in [-0.05, 0) is 64.4 Å². The molecule has 0 unspecified atom stereocenters. The molecule has 2 aromatic heterocycles. The number of rotatable bonds is 8. The van der Waals surface area contributed by atoms with Crippen LogP contribution in [0.1, 0.15) is 38.4 Å². The van der Waals surface area contributed by atoms with Crippen molar-refractivity contribution in [3.63, 3.8) is 0 Å². The summed E-state index contributed by atoms with van der Waals surface area (Å²) in [5.74, 6) is 1.69. The van der Waals surface area contributed by atoms with Crippen LogP contribution in [0, 0.1) is 0 Å². The van der Waals surface area contributed by atoms with E-state index in [1.807, 2.05) is 28.8 Å². The van der Waals surface area contributed by atoms with Gasteiger partial charge in [-0.15, -0.1) is 10.2 Å². The highest BCUT2D eigenvalue weighted by Gasteiger charge is 2.10. The van der Waals surface area contributed by atoms with E-state index in [4.69, 9.17) is 0 Å². The molecule has 25 heavy (non-hydrogen) atoms. The van der Waals surface area contributed by atoms with Crippen molar-refractivity contribution in [1.82, 2.24) is 30.1 Å². The molecule has 0 amide bonds. The molecule has 1 aliphatic rings. The van der Waals surface area contributed by atoms with Gasteiger partial charge in [0.15, 0.2) is 17.4 Å². The zero-order valence-corrected chi connectivity index (χ0v) is 15.1. The predicted octanol–water partition coefficient (Wildman–Crippen LogP) is 1.66. The fourth-order valence-corrected chi connectivity index (χ4v) is 3.16. The predicted molar refractivity (Wildman–Crippen MR) is 101 cm³/mol. The van der Waals surface area contributed by atoms with Crippen LogP contribution in [0.2, 0.25) is 0 Å². The van der Waals surface area contributed by atoms with Gasteiger partial charge in [0.05, 0.1) is 0 Å². The molecule has 1 fully saturated rings. The highest BCUT2D eigenvalue weighted by molar-refractivity contribution is 5.79. The summed E-state index contributed by atoms with van der Waals surface area (Å²) >= 11 is 0. The van der Waals surface area contributed by atoms with Crippen LogP contribution in [0.3, 0.4) is 0 Å². The third-order valence-corrected chi connectivity index (χ3v) is 4.50. The summed E-state index contributed by atoms with van der Waals surface area (Å²) in [7, 11) is 0. The summed E-state index contributed by atoms with van der Waals surface area (Å²) in [5.41, 5.74) is 0.854. The molecule has 7 nitrogen and oxygen atoms in total. The molecule has 7 heteroatoms. The second-order valence-electron chi connectivity index (χ2n) is 6.42. The maximum absolute atomic E-state index is 4.64. The average molecular weight is 343 g/mol. The Bertz CT molecular complexity index is 673. The fourth-order valence-electron chi connectivity index (χ4n) is 3.16. The van der Waals surface area contributed by atoms with Crippen molar-refractivity contribution in [3.8, 4) is 0 Å². The van der Waals surface area contributed by atoms with Crippen LogP contribution in [-0.2, 0) is 6.54 Å². The van der Waals surface area contributed by atoms with Crippen LogP contribution < -0.4 is 10.6 Å². The number of aromatic nitrogens is 3. The van der Waals surface area contributed by atoms with Crippen molar-refractivity contribution in [3.05, 3.63) is 30.2 Å². The van der Waals surface area contributed by atoms with Crippen LogP contribution in [0.25, 0.3) is 5.65 Å². The molecule has 1 saturated heterocycles. The van der Waals surface area contributed by atoms with Crippen LogP contribution in [0.5, 0.6) is 0 Å². The van der Waals surface area contributed by atoms with E-state index in [0.717, 1.165) is 36.9 Å². The topological polar surface area (TPSA) is 69.8 Å². The van der Waals surface area contributed by atoms with E-state index in [2.05, 4.69) is 37.6 Å². The van der Waals surface area contributed by atoms with E-state index < -0.39 is 0 Å². The lowest BCUT2D eigenvalue weighted by Gasteiger charge is -2.15. The number of hydrogen-bond donors (Lipinski definition) is 2. The number of unbranched alkanes of at least 4 members (excludes halogenated alkanes) is 1. The van der Waals surface area contributed by atoms with Crippen LogP contribution in [-0.4, -0.2) is 58.2 Å². The summed E-state index contributed by atoms with van der Waals surface area (Å²) in [4.78, 5) is 7.21. The SMILES string of the molecule is CCNC(=NCc1nnc2ccccn12)NCCCCN1CCCC1. The highest BCUT2D eigenvalue weighted by Crippen LogP contribution is 2.08. The first-order valence-corrected chi connectivity index (χ1v) is 9.40. The normalized spacial score (nSPS) is 15.8. The Hall–Kier alpha value is -2.15. The minimum Gasteiger partial charge on any atom is -0.357 e. The lowest BCUT2D eigenvalue weighted by Crippen LogP contribution is -2.38. The van der Waals surface area contributed by atoms with E-state index in [9.17, 15) is 0 Å². The Labute approximate surface area is 149 Å². The van der Waals surface area contributed by atoms with Crippen molar-refractivity contribution in [1.29, 1.82) is 0 Å². The number of nitrogens with zero attached hydrogens (tertiary/aromatic N) is 5. The van der Waals surface area contributed by atoms with Gasteiger partial charge in [0.1, 0.15) is 6.54 Å². The first kappa shape index (κ1) is 17.7. The van der Waals surface area contributed by atoms with Gasteiger partial charge in [0.25, 0.3) is 0 Å². The Balaban J connectivity index is 1.45. The largest absolute Gasteiger partial charge is 0.357 e. The second-order valence-corrected chi connectivity index (χ2v) is 6.42. The standard InChI is InChI=1S/C18H29N7/c1-2-19-18(20-10-4-6-11-24-12-7-8-13-24)21-15-17-23-22-16-9-3-5-14-25(16)17/h3,5,9,14H,2,4,6-8,10-13,15H2,1H3,(H2,19,20,21). The summed E-state index contributed by atoms with van der Waals surface area (Å²) in [6.07, 6.45) is 7.11. The van der Waals surface area contributed by atoms with Crippen LogP contribution in [0.4, 0.5) is 0 Å². The molecule has 2 N–H and O–H groups in total. The highest BCUT2D eigenvalue weighted by atomic mass is 15.3. The zero-order valence-electron chi connectivity index (χ0n) is 15.1. The Kier molecular flexibility index (Phi) is 6.62. The molecule has 0 atom stereocenters.